The fourth-order valence-corrected chi connectivity index (χ4v) is 9.22. The summed E-state index contributed by atoms with van der Waals surface area (Å²) < 4.78 is 20.9. The highest BCUT2D eigenvalue weighted by atomic mass is 31.1. The molecule has 4 rings (SSSR count). The van der Waals surface area contributed by atoms with Crippen molar-refractivity contribution in [1.29, 1.82) is 0 Å². The minimum atomic E-state index is -0.259. The second-order valence-electron chi connectivity index (χ2n) is 13.1. The van der Waals surface area contributed by atoms with Gasteiger partial charge in [0.2, 0.25) is 0 Å². The number of alkyl carbamates (subject to hydrolysis) is 1. The molecule has 1 amide bonds. The highest BCUT2D eigenvalue weighted by Gasteiger charge is 2.58. The molecule has 0 heterocycles. The summed E-state index contributed by atoms with van der Waals surface area (Å²) in [6.07, 6.45) is 21.9. The number of ether oxygens (including phenoxy) is 1. The molecule has 210 valence electrons. The molecule has 0 aliphatic heterocycles. The third-order valence-electron chi connectivity index (χ3n) is 11.2. The topological polar surface area (TPSA) is 64.6 Å². The number of fused-ring (bicyclic) bond motifs is 5. The Kier molecular flexibility index (Phi) is 10.5. The summed E-state index contributed by atoms with van der Waals surface area (Å²) in [6.45, 7) is 8.70. The molecule has 4 aliphatic rings. The number of amides is 1. The van der Waals surface area contributed by atoms with E-state index in [0.29, 0.717) is 24.0 Å². The lowest BCUT2D eigenvalue weighted by molar-refractivity contribution is -0.0519. The highest BCUT2D eigenvalue weighted by Crippen LogP contribution is 2.66. The molecular formula is C31H52NO4P. The minimum absolute atomic E-state index is 0.0163. The Morgan fingerprint density at radius 1 is 1.03 bits per heavy atom. The molecule has 37 heavy (non-hydrogen) atoms. The molecule has 0 bridgehead atoms. The van der Waals surface area contributed by atoms with Crippen molar-refractivity contribution in [2.75, 3.05) is 13.2 Å². The van der Waals surface area contributed by atoms with Crippen LogP contribution in [-0.2, 0) is 13.8 Å². The number of rotatable bonds is 13. The van der Waals surface area contributed by atoms with Gasteiger partial charge < -0.3 is 10.1 Å². The average molecular weight is 534 g/mol. The lowest BCUT2D eigenvalue weighted by Crippen LogP contribution is -2.50. The van der Waals surface area contributed by atoms with Crippen LogP contribution in [0.25, 0.3) is 0 Å². The van der Waals surface area contributed by atoms with Crippen LogP contribution >= 0.6 is 8.69 Å². The lowest BCUT2D eigenvalue weighted by Gasteiger charge is -2.58. The van der Waals surface area contributed by atoms with Crippen molar-refractivity contribution in [2.24, 2.45) is 34.5 Å². The molecule has 0 aromatic carbocycles. The summed E-state index contributed by atoms with van der Waals surface area (Å²) in [5.41, 5.74) is 2.45. The number of carbonyl (C=O) groups excluding carboxylic acids is 1. The summed E-state index contributed by atoms with van der Waals surface area (Å²) in [6, 6.07) is 0. The number of hydrogen-bond donors (Lipinski definition) is 1. The van der Waals surface area contributed by atoms with Crippen LogP contribution in [0.5, 0.6) is 0 Å². The summed E-state index contributed by atoms with van der Waals surface area (Å²) in [5.74, 6) is 3.53. The van der Waals surface area contributed by atoms with Crippen molar-refractivity contribution in [3.8, 4) is 0 Å². The number of unbranched alkanes of at least 4 members (excludes halogenated alkanes) is 5. The van der Waals surface area contributed by atoms with Crippen LogP contribution in [-0.4, -0.2) is 25.3 Å². The lowest BCUT2D eigenvalue weighted by atomic mass is 9.47. The first-order valence-electron chi connectivity index (χ1n) is 15.5. The zero-order chi connectivity index (χ0) is 26.3. The minimum Gasteiger partial charge on any atom is -0.446 e. The highest BCUT2D eigenvalue weighted by molar-refractivity contribution is 7.17. The van der Waals surface area contributed by atoms with Gasteiger partial charge in [-0.3, -0.25) is 4.52 Å². The van der Waals surface area contributed by atoms with Crippen molar-refractivity contribution in [3.05, 3.63) is 11.6 Å². The standard InChI is InChI=1S/C31H52NO4P/c1-4-5-8-11-23-13-15-27-26-14-12-24-22-25(16-18-31(24,3)28(26)17-19-30(23,27)2)36-29(33)32-20-9-6-7-10-21-35-37-34/h12,23,25-28H,4-11,13-22H2,1-3H3,(H,32,33). The van der Waals surface area contributed by atoms with Crippen LogP contribution in [0.15, 0.2) is 11.6 Å². The van der Waals surface area contributed by atoms with E-state index in [4.69, 9.17) is 9.26 Å². The zero-order valence-electron chi connectivity index (χ0n) is 23.8. The molecule has 5 nitrogen and oxygen atoms in total. The molecule has 7 unspecified atom stereocenters. The van der Waals surface area contributed by atoms with Gasteiger partial charge in [0.05, 0.1) is 6.61 Å². The molecular weight excluding hydrogens is 481 g/mol. The second-order valence-corrected chi connectivity index (χ2v) is 13.5. The van der Waals surface area contributed by atoms with Crippen LogP contribution in [0.4, 0.5) is 4.79 Å². The maximum Gasteiger partial charge on any atom is 0.407 e. The number of carbonyl (C=O) groups is 1. The fraction of sp³-hybridized carbons (Fsp3) is 0.903. The summed E-state index contributed by atoms with van der Waals surface area (Å²) in [4.78, 5) is 12.4. The van der Waals surface area contributed by atoms with Crippen molar-refractivity contribution in [3.63, 3.8) is 0 Å². The Balaban J connectivity index is 1.25. The Labute approximate surface area is 227 Å². The van der Waals surface area contributed by atoms with Crippen molar-refractivity contribution >= 4 is 14.8 Å². The predicted molar refractivity (Wildman–Crippen MR) is 150 cm³/mol. The monoisotopic (exact) mass is 533 g/mol. The maximum absolute atomic E-state index is 12.4. The molecule has 3 saturated carbocycles. The van der Waals surface area contributed by atoms with E-state index in [2.05, 4.69) is 32.2 Å². The van der Waals surface area contributed by atoms with Gasteiger partial charge in [-0.15, -0.1) is 0 Å². The first kappa shape index (κ1) is 29.1. The SMILES string of the molecule is CCCCCC1CCC2C3CC=C4CC(OC(=O)NCCCCCCOP=O)CCC4(C)C3CCC12C. The molecule has 0 radical (unpaired) electrons. The van der Waals surface area contributed by atoms with Gasteiger partial charge in [0.15, 0.2) is 0 Å². The zero-order valence-corrected chi connectivity index (χ0v) is 24.7. The fourth-order valence-electron chi connectivity index (χ4n) is 9.02. The van der Waals surface area contributed by atoms with Gasteiger partial charge in [0, 0.05) is 13.0 Å². The van der Waals surface area contributed by atoms with E-state index in [9.17, 15) is 9.36 Å². The van der Waals surface area contributed by atoms with Gasteiger partial charge >= 0.3 is 14.8 Å². The van der Waals surface area contributed by atoms with Crippen LogP contribution in [0.2, 0.25) is 0 Å². The summed E-state index contributed by atoms with van der Waals surface area (Å²) in [5, 5.41) is 2.95. The van der Waals surface area contributed by atoms with E-state index in [1.807, 2.05) is 0 Å². The van der Waals surface area contributed by atoms with Gasteiger partial charge in [-0.05, 0) is 98.7 Å². The van der Waals surface area contributed by atoms with E-state index in [-0.39, 0.29) is 20.9 Å². The number of nitrogens with one attached hydrogen (secondary N) is 1. The molecule has 4 aliphatic carbocycles. The first-order valence-corrected chi connectivity index (χ1v) is 16.2. The normalized spacial score (nSPS) is 36.8. The Bertz CT molecular complexity index is 802. The van der Waals surface area contributed by atoms with Crippen molar-refractivity contribution in [1.82, 2.24) is 5.32 Å². The third-order valence-corrected chi connectivity index (χ3v) is 11.5. The van der Waals surface area contributed by atoms with Gasteiger partial charge in [-0.25, -0.2) is 9.36 Å². The Hall–Kier alpha value is -0.930. The summed E-state index contributed by atoms with van der Waals surface area (Å²) in [7, 11) is -0.242. The molecule has 3 fully saturated rings. The average Bonchev–Trinajstić information content (AvgIpc) is 3.22. The van der Waals surface area contributed by atoms with Crippen molar-refractivity contribution in [2.45, 2.75) is 130 Å². The molecule has 6 heteroatoms. The third kappa shape index (κ3) is 6.63. The maximum atomic E-state index is 12.4. The quantitative estimate of drug-likeness (QED) is 0.146. The van der Waals surface area contributed by atoms with E-state index in [0.717, 1.165) is 68.6 Å². The van der Waals surface area contributed by atoms with Crippen LogP contribution in [0, 0.1) is 34.5 Å². The summed E-state index contributed by atoms with van der Waals surface area (Å²) >= 11 is 0. The van der Waals surface area contributed by atoms with E-state index < -0.39 is 0 Å². The van der Waals surface area contributed by atoms with Crippen LogP contribution < -0.4 is 5.32 Å². The molecule has 7 atom stereocenters. The van der Waals surface area contributed by atoms with Crippen LogP contribution in [0.1, 0.15) is 124 Å². The van der Waals surface area contributed by atoms with Gasteiger partial charge in [0.25, 0.3) is 0 Å². The molecule has 0 aromatic rings. The second kappa shape index (κ2) is 13.4. The van der Waals surface area contributed by atoms with E-state index >= 15 is 0 Å². The Morgan fingerprint density at radius 3 is 2.68 bits per heavy atom. The first-order chi connectivity index (χ1) is 17.9. The molecule has 0 spiro atoms. The van der Waals surface area contributed by atoms with Crippen molar-refractivity contribution < 1.29 is 18.6 Å². The van der Waals surface area contributed by atoms with Gasteiger partial charge in [-0.2, -0.15) is 0 Å². The number of allylic oxidation sites excluding steroid dienone is 1. The van der Waals surface area contributed by atoms with E-state index in [1.54, 1.807) is 5.57 Å². The largest absolute Gasteiger partial charge is 0.446 e. The van der Waals surface area contributed by atoms with Crippen LogP contribution in [0.3, 0.4) is 0 Å². The molecule has 0 saturated heterocycles. The predicted octanol–water partition coefficient (Wildman–Crippen LogP) is 9.02. The Morgan fingerprint density at radius 2 is 1.86 bits per heavy atom. The van der Waals surface area contributed by atoms with Gasteiger partial charge in [0.1, 0.15) is 6.10 Å². The van der Waals surface area contributed by atoms with E-state index in [1.165, 1.54) is 57.8 Å². The number of hydrogen-bond acceptors (Lipinski definition) is 4. The van der Waals surface area contributed by atoms with Gasteiger partial charge in [-0.1, -0.05) is 64.5 Å². The smallest absolute Gasteiger partial charge is 0.407 e. The molecule has 0 aromatic heterocycles. The molecule has 1 N–H and O–H groups in total.